The Balaban J connectivity index is 2.04. The molecule has 7 heteroatoms. The molecule has 0 saturated heterocycles. The molecule has 0 amide bonds. The molecule has 24 heavy (non-hydrogen) atoms. The van der Waals surface area contributed by atoms with Gasteiger partial charge in [-0.2, -0.15) is 10.1 Å². The highest BCUT2D eigenvalue weighted by Crippen LogP contribution is 2.36. The minimum Gasteiger partial charge on any atom is -0.462 e. The third-order valence-electron chi connectivity index (χ3n) is 3.95. The molecule has 1 aliphatic heterocycles. The Labute approximate surface area is 139 Å². The predicted octanol–water partition coefficient (Wildman–Crippen LogP) is 3.05. The number of fused-ring (bicyclic) bond motifs is 1. The zero-order chi connectivity index (χ0) is 17.1. The topological polar surface area (TPSA) is 69.0 Å². The first kappa shape index (κ1) is 16.2. The summed E-state index contributed by atoms with van der Waals surface area (Å²) < 4.78 is 21.2. The van der Waals surface area contributed by atoms with E-state index in [9.17, 15) is 9.18 Å². The zero-order valence-corrected chi connectivity index (χ0v) is 13.6. The SMILES string of the molecule is CCCCOC(=O)C1=C(C)Nc2ncnn2[C@H]1c1ccccc1F. The van der Waals surface area contributed by atoms with Gasteiger partial charge in [-0.3, -0.25) is 0 Å². The summed E-state index contributed by atoms with van der Waals surface area (Å²) in [6, 6.07) is 5.64. The van der Waals surface area contributed by atoms with E-state index in [0.717, 1.165) is 12.8 Å². The van der Waals surface area contributed by atoms with E-state index in [0.29, 0.717) is 29.4 Å². The third kappa shape index (κ3) is 2.89. The van der Waals surface area contributed by atoms with Crippen LogP contribution in [0.1, 0.15) is 38.3 Å². The maximum atomic E-state index is 14.4. The largest absolute Gasteiger partial charge is 0.462 e. The summed E-state index contributed by atoms with van der Waals surface area (Å²) in [4.78, 5) is 16.7. The second-order valence-corrected chi connectivity index (χ2v) is 5.61. The molecule has 126 valence electrons. The fourth-order valence-electron chi connectivity index (χ4n) is 2.73. The van der Waals surface area contributed by atoms with Crippen molar-refractivity contribution in [2.75, 3.05) is 11.9 Å². The van der Waals surface area contributed by atoms with E-state index in [-0.39, 0.29) is 0 Å². The number of nitrogens with zero attached hydrogens (tertiary/aromatic N) is 3. The summed E-state index contributed by atoms with van der Waals surface area (Å²) in [5.41, 5.74) is 1.28. The van der Waals surface area contributed by atoms with Gasteiger partial charge >= 0.3 is 5.97 Å². The van der Waals surface area contributed by atoms with Gasteiger partial charge in [0.15, 0.2) is 0 Å². The first-order chi connectivity index (χ1) is 11.6. The first-order valence-corrected chi connectivity index (χ1v) is 7.92. The lowest BCUT2D eigenvalue weighted by Gasteiger charge is -2.28. The molecular formula is C17H19FN4O2. The van der Waals surface area contributed by atoms with Crippen molar-refractivity contribution in [2.45, 2.75) is 32.7 Å². The molecule has 0 radical (unpaired) electrons. The molecule has 0 bridgehead atoms. The lowest BCUT2D eigenvalue weighted by atomic mass is 9.95. The number of hydrogen-bond donors (Lipinski definition) is 1. The van der Waals surface area contributed by atoms with Crippen LogP contribution in [0.2, 0.25) is 0 Å². The summed E-state index contributed by atoms with van der Waals surface area (Å²) in [6.45, 7) is 4.10. The molecule has 0 unspecified atom stereocenters. The number of esters is 1. The lowest BCUT2D eigenvalue weighted by Crippen LogP contribution is -2.30. The van der Waals surface area contributed by atoms with Crippen LogP contribution >= 0.6 is 0 Å². The third-order valence-corrected chi connectivity index (χ3v) is 3.95. The van der Waals surface area contributed by atoms with Crippen LogP contribution in [-0.2, 0) is 9.53 Å². The van der Waals surface area contributed by atoms with E-state index in [1.807, 2.05) is 6.92 Å². The standard InChI is InChI=1S/C17H19FN4O2/c1-3-4-9-24-16(23)14-11(2)21-17-19-10-20-22(17)15(14)12-7-5-6-8-13(12)18/h5-8,10,15H,3-4,9H2,1-2H3,(H,19,20,21)/t15-/m0/s1. The van der Waals surface area contributed by atoms with Gasteiger partial charge in [-0.05, 0) is 19.4 Å². The number of rotatable bonds is 5. The monoisotopic (exact) mass is 330 g/mol. The van der Waals surface area contributed by atoms with Crippen LogP contribution in [0.4, 0.5) is 10.3 Å². The van der Waals surface area contributed by atoms with Gasteiger partial charge in [0.1, 0.15) is 18.2 Å². The highest BCUT2D eigenvalue weighted by Gasteiger charge is 2.35. The summed E-state index contributed by atoms with van der Waals surface area (Å²) in [6.07, 6.45) is 3.08. The lowest BCUT2D eigenvalue weighted by molar-refractivity contribution is -0.139. The van der Waals surface area contributed by atoms with Crippen molar-refractivity contribution >= 4 is 11.9 Å². The zero-order valence-electron chi connectivity index (χ0n) is 13.6. The molecule has 3 rings (SSSR count). The number of carbonyl (C=O) groups is 1. The number of unbranched alkanes of at least 4 members (excludes halogenated alkanes) is 1. The van der Waals surface area contributed by atoms with Gasteiger partial charge in [0.05, 0.1) is 12.2 Å². The van der Waals surface area contributed by atoms with Gasteiger partial charge in [-0.15, -0.1) is 0 Å². The quantitative estimate of drug-likeness (QED) is 0.674. The number of aromatic nitrogens is 3. The predicted molar refractivity (Wildman–Crippen MR) is 86.8 cm³/mol. The number of nitrogens with one attached hydrogen (secondary N) is 1. The Morgan fingerprint density at radius 3 is 2.96 bits per heavy atom. The van der Waals surface area contributed by atoms with Crippen LogP contribution < -0.4 is 5.32 Å². The average Bonchev–Trinajstić information content (AvgIpc) is 3.02. The van der Waals surface area contributed by atoms with E-state index < -0.39 is 17.8 Å². The van der Waals surface area contributed by atoms with Crippen molar-refractivity contribution in [1.82, 2.24) is 14.8 Å². The number of halogens is 1. The summed E-state index contributed by atoms with van der Waals surface area (Å²) >= 11 is 0. The van der Waals surface area contributed by atoms with Crippen LogP contribution in [0.15, 0.2) is 41.9 Å². The number of allylic oxidation sites excluding steroid dienone is 1. The van der Waals surface area contributed by atoms with E-state index in [1.54, 1.807) is 25.1 Å². The Kier molecular flexibility index (Phi) is 4.59. The Hall–Kier alpha value is -2.70. The fourth-order valence-corrected chi connectivity index (χ4v) is 2.73. The van der Waals surface area contributed by atoms with Crippen molar-refractivity contribution in [3.8, 4) is 0 Å². The molecule has 0 aliphatic carbocycles. The number of ether oxygens (including phenoxy) is 1. The van der Waals surface area contributed by atoms with Gasteiger partial charge in [0.25, 0.3) is 0 Å². The minimum absolute atomic E-state index is 0.334. The molecule has 0 saturated carbocycles. The fraction of sp³-hybridized carbons (Fsp3) is 0.353. The smallest absolute Gasteiger partial charge is 0.338 e. The second kappa shape index (κ2) is 6.82. The van der Waals surface area contributed by atoms with Crippen molar-refractivity contribution in [1.29, 1.82) is 0 Å². The highest BCUT2D eigenvalue weighted by molar-refractivity contribution is 5.92. The van der Waals surface area contributed by atoms with Crippen molar-refractivity contribution < 1.29 is 13.9 Å². The van der Waals surface area contributed by atoms with Gasteiger partial charge in [0, 0.05) is 11.3 Å². The van der Waals surface area contributed by atoms with Crippen LogP contribution in [0.25, 0.3) is 0 Å². The maximum absolute atomic E-state index is 14.4. The number of hydrogen-bond acceptors (Lipinski definition) is 5. The van der Waals surface area contributed by atoms with E-state index in [1.165, 1.54) is 17.1 Å². The van der Waals surface area contributed by atoms with Crippen molar-refractivity contribution in [3.05, 3.63) is 53.2 Å². The maximum Gasteiger partial charge on any atom is 0.338 e. The molecule has 1 aliphatic rings. The molecule has 0 fully saturated rings. The van der Waals surface area contributed by atoms with E-state index in [4.69, 9.17) is 4.74 Å². The molecule has 1 atom stereocenters. The molecular weight excluding hydrogens is 311 g/mol. The molecule has 2 heterocycles. The molecule has 1 aromatic heterocycles. The van der Waals surface area contributed by atoms with Crippen LogP contribution in [0.3, 0.4) is 0 Å². The minimum atomic E-state index is -0.709. The van der Waals surface area contributed by atoms with E-state index in [2.05, 4.69) is 15.4 Å². The van der Waals surface area contributed by atoms with Crippen LogP contribution in [0, 0.1) is 5.82 Å². The summed E-state index contributed by atoms with van der Waals surface area (Å²) in [5, 5.41) is 7.18. The normalized spacial score (nSPS) is 16.5. The molecule has 1 N–H and O–H groups in total. The van der Waals surface area contributed by atoms with Gasteiger partial charge in [-0.1, -0.05) is 31.5 Å². The number of benzene rings is 1. The molecule has 2 aromatic rings. The number of anilines is 1. The van der Waals surface area contributed by atoms with Crippen LogP contribution in [-0.4, -0.2) is 27.3 Å². The Morgan fingerprint density at radius 1 is 1.42 bits per heavy atom. The first-order valence-electron chi connectivity index (χ1n) is 7.92. The van der Waals surface area contributed by atoms with Crippen molar-refractivity contribution in [3.63, 3.8) is 0 Å². The van der Waals surface area contributed by atoms with Crippen LogP contribution in [0.5, 0.6) is 0 Å². The molecule has 6 nitrogen and oxygen atoms in total. The van der Waals surface area contributed by atoms with Gasteiger partial charge < -0.3 is 10.1 Å². The Bertz CT molecular complexity index is 784. The molecule has 0 spiro atoms. The average molecular weight is 330 g/mol. The summed E-state index contributed by atoms with van der Waals surface area (Å²) in [7, 11) is 0. The van der Waals surface area contributed by atoms with Crippen molar-refractivity contribution in [2.24, 2.45) is 0 Å². The second-order valence-electron chi connectivity index (χ2n) is 5.61. The highest BCUT2D eigenvalue weighted by atomic mass is 19.1. The Morgan fingerprint density at radius 2 is 2.21 bits per heavy atom. The van der Waals surface area contributed by atoms with Gasteiger partial charge in [0.2, 0.25) is 5.95 Å². The summed E-state index contributed by atoms with van der Waals surface area (Å²) in [5.74, 6) is -0.411. The van der Waals surface area contributed by atoms with E-state index >= 15 is 0 Å². The molecule has 1 aromatic carbocycles. The van der Waals surface area contributed by atoms with Gasteiger partial charge in [-0.25, -0.2) is 13.9 Å². The number of carbonyl (C=O) groups excluding carboxylic acids is 1.